The first kappa shape index (κ1) is 23.7. The van der Waals surface area contributed by atoms with Crippen LogP contribution >= 0.6 is 23.1 Å². The van der Waals surface area contributed by atoms with Crippen molar-refractivity contribution in [3.63, 3.8) is 0 Å². The zero-order valence-corrected chi connectivity index (χ0v) is 19.7. The quantitative estimate of drug-likeness (QED) is 0.573. The Morgan fingerprint density at radius 1 is 1.12 bits per heavy atom. The lowest BCUT2D eigenvalue weighted by molar-refractivity contribution is -0.125. The van der Waals surface area contributed by atoms with Crippen molar-refractivity contribution < 1.29 is 19.2 Å². The van der Waals surface area contributed by atoms with Crippen LogP contribution in [-0.4, -0.2) is 47.0 Å². The molecule has 1 saturated heterocycles. The summed E-state index contributed by atoms with van der Waals surface area (Å²) in [5.41, 5.74) is 1.52. The predicted octanol–water partition coefficient (Wildman–Crippen LogP) is 3.66. The number of aryl methyl sites for hydroxylation is 1. The van der Waals surface area contributed by atoms with Crippen LogP contribution in [0.1, 0.15) is 34.6 Å². The van der Waals surface area contributed by atoms with E-state index in [9.17, 15) is 19.2 Å². The van der Waals surface area contributed by atoms with Crippen LogP contribution < -0.4 is 10.6 Å². The molecule has 1 atom stereocenters. The molecule has 4 amide bonds. The van der Waals surface area contributed by atoms with Crippen molar-refractivity contribution in [1.29, 1.82) is 0 Å². The number of thioether (sulfide) groups is 1. The van der Waals surface area contributed by atoms with Gasteiger partial charge in [-0.3, -0.25) is 24.1 Å². The average Bonchev–Trinajstić information content (AvgIpc) is 3.35. The highest BCUT2D eigenvalue weighted by Gasteiger charge is 2.35. The molecule has 0 radical (unpaired) electrons. The fourth-order valence-corrected chi connectivity index (χ4v) is 4.65. The molecule has 2 aromatic rings. The van der Waals surface area contributed by atoms with E-state index in [2.05, 4.69) is 10.6 Å². The van der Waals surface area contributed by atoms with Crippen LogP contribution in [0.4, 0.5) is 4.79 Å². The summed E-state index contributed by atoms with van der Waals surface area (Å²) in [5.74, 6) is -1.20. The largest absolute Gasteiger partial charge is 0.353 e. The van der Waals surface area contributed by atoms with E-state index in [0.29, 0.717) is 10.5 Å². The molecule has 1 aromatic carbocycles. The number of hydrogen-bond donors (Lipinski definition) is 2. The van der Waals surface area contributed by atoms with Gasteiger partial charge >= 0.3 is 0 Å². The number of carbonyl (C=O) groups is 4. The Balaban J connectivity index is 1.55. The van der Waals surface area contributed by atoms with E-state index in [1.165, 1.54) is 11.3 Å². The van der Waals surface area contributed by atoms with Gasteiger partial charge in [-0.05, 0) is 54.3 Å². The van der Waals surface area contributed by atoms with E-state index in [1.54, 1.807) is 18.2 Å². The first-order chi connectivity index (χ1) is 15.3. The zero-order valence-electron chi connectivity index (χ0n) is 18.1. The van der Waals surface area contributed by atoms with Gasteiger partial charge in [-0.15, -0.1) is 11.3 Å². The Morgan fingerprint density at radius 3 is 2.47 bits per heavy atom. The van der Waals surface area contributed by atoms with E-state index in [-0.39, 0.29) is 42.0 Å². The second-order valence-corrected chi connectivity index (χ2v) is 9.67. The van der Waals surface area contributed by atoms with Gasteiger partial charge < -0.3 is 10.6 Å². The summed E-state index contributed by atoms with van der Waals surface area (Å²) in [4.78, 5) is 52.4. The first-order valence-electron chi connectivity index (χ1n) is 10.2. The Hall–Kier alpha value is -2.91. The molecule has 2 N–H and O–H groups in total. The van der Waals surface area contributed by atoms with Crippen LogP contribution in [0.2, 0.25) is 0 Å². The molecule has 0 unspecified atom stereocenters. The van der Waals surface area contributed by atoms with E-state index < -0.39 is 6.04 Å². The van der Waals surface area contributed by atoms with Crippen LogP contribution in [0, 0.1) is 12.8 Å². The fraction of sp³-hybridized carbons (Fsp3) is 0.304. The van der Waals surface area contributed by atoms with Crippen LogP contribution in [0.15, 0.2) is 46.7 Å². The van der Waals surface area contributed by atoms with E-state index in [0.717, 1.165) is 27.1 Å². The molecule has 0 bridgehead atoms. The van der Waals surface area contributed by atoms with Crippen LogP contribution in [0.25, 0.3) is 6.08 Å². The molecule has 0 aliphatic carbocycles. The molecule has 1 aliphatic rings. The van der Waals surface area contributed by atoms with Gasteiger partial charge in [0.15, 0.2) is 0 Å². The number of carbonyl (C=O) groups excluding carboxylic acids is 4. The summed E-state index contributed by atoms with van der Waals surface area (Å²) >= 11 is 2.37. The minimum atomic E-state index is -0.738. The molecule has 0 saturated carbocycles. The Morgan fingerprint density at radius 2 is 1.84 bits per heavy atom. The Kier molecular flexibility index (Phi) is 7.87. The molecular formula is C23H25N3O4S2. The number of thiophene rings is 1. The van der Waals surface area contributed by atoms with Crippen molar-refractivity contribution >= 4 is 52.1 Å². The highest BCUT2D eigenvalue weighted by atomic mass is 32.2. The Labute approximate surface area is 195 Å². The van der Waals surface area contributed by atoms with Gasteiger partial charge in [-0.25, -0.2) is 0 Å². The number of rotatable bonds is 8. The van der Waals surface area contributed by atoms with Gasteiger partial charge in [0.2, 0.25) is 5.91 Å². The number of nitrogens with zero attached hydrogens (tertiary/aromatic N) is 1. The van der Waals surface area contributed by atoms with Gasteiger partial charge in [-0.2, -0.15) is 0 Å². The van der Waals surface area contributed by atoms with Crippen molar-refractivity contribution in [1.82, 2.24) is 15.5 Å². The normalized spacial score (nSPS) is 16.0. The third-order valence-corrected chi connectivity index (χ3v) is 6.60. The van der Waals surface area contributed by atoms with Crippen LogP contribution in [0.5, 0.6) is 0 Å². The van der Waals surface area contributed by atoms with E-state index >= 15 is 0 Å². The predicted molar refractivity (Wildman–Crippen MR) is 127 cm³/mol. The average molecular weight is 472 g/mol. The van der Waals surface area contributed by atoms with Crippen molar-refractivity contribution in [2.75, 3.05) is 13.1 Å². The molecule has 32 heavy (non-hydrogen) atoms. The second kappa shape index (κ2) is 10.6. The molecule has 1 fully saturated rings. The number of benzene rings is 1. The molecule has 7 nitrogen and oxygen atoms in total. The summed E-state index contributed by atoms with van der Waals surface area (Å²) in [6.45, 7) is 5.78. The van der Waals surface area contributed by atoms with Gasteiger partial charge in [0.05, 0.1) is 4.91 Å². The maximum absolute atomic E-state index is 12.7. The summed E-state index contributed by atoms with van der Waals surface area (Å²) in [6.07, 6.45) is 1.70. The molecule has 1 aromatic heterocycles. The molecule has 3 rings (SSSR count). The Bertz CT molecular complexity index is 1030. The van der Waals surface area contributed by atoms with Crippen molar-refractivity contribution in [2.45, 2.75) is 26.8 Å². The molecule has 2 heterocycles. The van der Waals surface area contributed by atoms with Gasteiger partial charge in [0, 0.05) is 23.5 Å². The molecular weight excluding hydrogens is 446 g/mol. The highest BCUT2D eigenvalue weighted by molar-refractivity contribution is 8.18. The summed E-state index contributed by atoms with van der Waals surface area (Å²) in [5, 5.41) is 7.04. The topological polar surface area (TPSA) is 95.6 Å². The smallest absolute Gasteiger partial charge is 0.293 e. The number of nitrogens with one attached hydrogen (secondary N) is 2. The van der Waals surface area contributed by atoms with Crippen molar-refractivity contribution in [3.8, 4) is 0 Å². The summed E-state index contributed by atoms with van der Waals surface area (Å²) < 4.78 is 0. The number of amides is 4. The van der Waals surface area contributed by atoms with E-state index in [4.69, 9.17) is 0 Å². The number of imide groups is 1. The second-order valence-electron chi connectivity index (χ2n) is 7.70. The fourth-order valence-electron chi connectivity index (χ4n) is 3.06. The molecule has 168 valence electrons. The third kappa shape index (κ3) is 5.86. The summed E-state index contributed by atoms with van der Waals surface area (Å²) in [7, 11) is 0. The maximum Gasteiger partial charge on any atom is 0.293 e. The molecule has 1 aliphatic heterocycles. The van der Waals surface area contributed by atoms with Crippen LogP contribution in [0.3, 0.4) is 0 Å². The SMILES string of the molecule is Cc1ccc(C(=O)N[C@H](C(=O)NCCN2C(=O)S/C(=C\c3cccs3)C2=O)C(C)C)cc1. The molecule has 0 spiro atoms. The lowest BCUT2D eigenvalue weighted by Gasteiger charge is -2.22. The van der Waals surface area contributed by atoms with Gasteiger partial charge in [-0.1, -0.05) is 37.6 Å². The van der Waals surface area contributed by atoms with Crippen molar-refractivity contribution in [3.05, 3.63) is 62.7 Å². The lowest BCUT2D eigenvalue weighted by atomic mass is 10.0. The first-order valence-corrected chi connectivity index (χ1v) is 11.9. The summed E-state index contributed by atoms with van der Waals surface area (Å²) in [6, 6.07) is 10.1. The lowest BCUT2D eigenvalue weighted by Crippen LogP contribution is -2.51. The third-order valence-electron chi connectivity index (χ3n) is 4.87. The molecule has 9 heteroatoms. The van der Waals surface area contributed by atoms with E-state index in [1.807, 2.05) is 50.4 Å². The van der Waals surface area contributed by atoms with Crippen LogP contribution in [-0.2, 0) is 9.59 Å². The van der Waals surface area contributed by atoms with Crippen molar-refractivity contribution in [2.24, 2.45) is 5.92 Å². The maximum atomic E-state index is 12.7. The highest BCUT2D eigenvalue weighted by Crippen LogP contribution is 2.32. The standard InChI is InChI=1S/C23H25N3O4S2/c1-14(2)19(25-20(27)16-8-6-15(3)7-9-16)21(28)24-10-11-26-22(29)18(32-23(26)30)13-17-5-4-12-31-17/h4-9,12-14,19H,10-11H2,1-3H3,(H,24,28)(H,25,27)/b18-13-/t19-/m0/s1. The zero-order chi connectivity index (χ0) is 23.3. The minimum Gasteiger partial charge on any atom is -0.353 e. The van der Waals surface area contributed by atoms with Gasteiger partial charge in [0.25, 0.3) is 17.1 Å². The van der Waals surface area contributed by atoms with Gasteiger partial charge in [0.1, 0.15) is 6.04 Å². The monoisotopic (exact) mass is 471 g/mol. The minimum absolute atomic E-state index is 0.0644. The number of hydrogen-bond acceptors (Lipinski definition) is 6.